The molecule has 60 valence electrons. The molecule has 0 N–H and O–H groups in total. The van der Waals surface area contributed by atoms with Crippen LogP contribution in [0.4, 0.5) is 0 Å². The molecule has 0 spiro atoms. The van der Waals surface area contributed by atoms with E-state index in [2.05, 4.69) is 14.3 Å². The standard InChI is InChI=1S/C5H5ClN2O2S/c6-1-4-5(2-10-3-9)11-8-7-4/h3H,1-2H2. The van der Waals surface area contributed by atoms with Crippen LogP contribution in [0.25, 0.3) is 0 Å². The van der Waals surface area contributed by atoms with Crippen LogP contribution in [-0.2, 0) is 22.0 Å². The monoisotopic (exact) mass is 192 g/mol. The van der Waals surface area contributed by atoms with E-state index in [0.717, 1.165) is 4.88 Å². The van der Waals surface area contributed by atoms with Crippen molar-refractivity contribution in [2.24, 2.45) is 0 Å². The van der Waals surface area contributed by atoms with Gasteiger partial charge in [-0.25, -0.2) is 0 Å². The van der Waals surface area contributed by atoms with E-state index in [9.17, 15) is 4.79 Å². The van der Waals surface area contributed by atoms with Crippen molar-refractivity contribution in [3.63, 3.8) is 0 Å². The van der Waals surface area contributed by atoms with Gasteiger partial charge < -0.3 is 4.74 Å². The molecule has 0 saturated carbocycles. The predicted molar refractivity (Wildman–Crippen MR) is 40.3 cm³/mol. The molecule has 0 atom stereocenters. The van der Waals surface area contributed by atoms with Crippen molar-refractivity contribution < 1.29 is 9.53 Å². The van der Waals surface area contributed by atoms with Crippen LogP contribution in [0.3, 0.4) is 0 Å². The molecular weight excluding hydrogens is 188 g/mol. The minimum atomic E-state index is 0.212. The Labute approximate surface area is 72.3 Å². The van der Waals surface area contributed by atoms with E-state index in [4.69, 9.17) is 11.6 Å². The third-order valence-corrected chi connectivity index (χ3v) is 2.03. The van der Waals surface area contributed by atoms with Crippen LogP contribution in [0.1, 0.15) is 10.6 Å². The number of alkyl halides is 1. The van der Waals surface area contributed by atoms with E-state index in [-0.39, 0.29) is 6.61 Å². The van der Waals surface area contributed by atoms with Gasteiger partial charge in [0.15, 0.2) is 0 Å². The molecule has 0 bridgehead atoms. The average Bonchev–Trinajstić information content (AvgIpc) is 2.47. The van der Waals surface area contributed by atoms with Gasteiger partial charge >= 0.3 is 0 Å². The van der Waals surface area contributed by atoms with Gasteiger partial charge in [-0.1, -0.05) is 4.49 Å². The second-order valence-electron chi connectivity index (χ2n) is 1.68. The minimum absolute atomic E-state index is 0.212. The smallest absolute Gasteiger partial charge is 0.293 e. The summed E-state index contributed by atoms with van der Waals surface area (Å²) in [6.45, 7) is 0.598. The Morgan fingerprint density at radius 3 is 3.18 bits per heavy atom. The fourth-order valence-corrected chi connectivity index (χ4v) is 1.42. The molecule has 0 radical (unpaired) electrons. The largest absolute Gasteiger partial charge is 0.462 e. The van der Waals surface area contributed by atoms with E-state index in [0.29, 0.717) is 18.0 Å². The third kappa shape index (κ3) is 2.13. The molecular formula is C5H5ClN2O2S. The van der Waals surface area contributed by atoms with Gasteiger partial charge in [-0.3, -0.25) is 4.79 Å². The van der Waals surface area contributed by atoms with Crippen LogP contribution >= 0.6 is 23.1 Å². The van der Waals surface area contributed by atoms with E-state index in [1.165, 1.54) is 11.5 Å². The maximum absolute atomic E-state index is 9.81. The van der Waals surface area contributed by atoms with E-state index >= 15 is 0 Å². The Hall–Kier alpha value is -0.680. The first-order valence-corrected chi connectivity index (χ1v) is 4.10. The summed E-state index contributed by atoms with van der Waals surface area (Å²) in [6, 6.07) is 0. The lowest BCUT2D eigenvalue weighted by Crippen LogP contribution is -1.91. The highest BCUT2D eigenvalue weighted by molar-refractivity contribution is 7.05. The Balaban J connectivity index is 2.60. The van der Waals surface area contributed by atoms with Crippen LogP contribution < -0.4 is 0 Å². The maximum atomic E-state index is 9.81. The van der Waals surface area contributed by atoms with Gasteiger partial charge in [0.2, 0.25) is 0 Å². The van der Waals surface area contributed by atoms with Crippen molar-refractivity contribution >= 4 is 29.6 Å². The van der Waals surface area contributed by atoms with Gasteiger partial charge in [0, 0.05) is 0 Å². The molecule has 1 rings (SSSR count). The molecule has 1 aromatic heterocycles. The highest BCUT2D eigenvalue weighted by atomic mass is 35.5. The molecule has 0 aliphatic heterocycles. The third-order valence-electron chi connectivity index (χ3n) is 1.04. The molecule has 11 heavy (non-hydrogen) atoms. The normalized spacial score (nSPS) is 9.55. The van der Waals surface area contributed by atoms with E-state index in [1.807, 2.05) is 0 Å². The zero-order valence-corrected chi connectivity index (χ0v) is 7.06. The lowest BCUT2D eigenvalue weighted by atomic mass is 10.4. The van der Waals surface area contributed by atoms with E-state index < -0.39 is 0 Å². The molecule has 0 fully saturated rings. The zero-order valence-electron chi connectivity index (χ0n) is 5.49. The second kappa shape index (κ2) is 4.25. The molecule has 1 heterocycles. The quantitative estimate of drug-likeness (QED) is 0.527. The summed E-state index contributed by atoms with van der Waals surface area (Å²) in [5.41, 5.74) is 0.679. The summed E-state index contributed by atoms with van der Waals surface area (Å²) in [7, 11) is 0. The summed E-state index contributed by atoms with van der Waals surface area (Å²) in [6.07, 6.45) is 0. The van der Waals surface area contributed by atoms with Crippen molar-refractivity contribution in [2.75, 3.05) is 0 Å². The molecule has 0 aliphatic carbocycles. The predicted octanol–water partition coefficient (Wildman–Crippen LogP) is 0.950. The fraction of sp³-hybridized carbons (Fsp3) is 0.400. The molecule has 1 aromatic rings. The van der Waals surface area contributed by atoms with Crippen LogP contribution in [0.15, 0.2) is 0 Å². The summed E-state index contributed by atoms with van der Waals surface area (Å²) in [5.74, 6) is 0.300. The Kier molecular flexibility index (Phi) is 3.25. The number of rotatable bonds is 4. The van der Waals surface area contributed by atoms with Crippen molar-refractivity contribution in [3.05, 3.63) is 10.6 Å². The van der Waals surface area contributed by atoms with Gasteiger partial charge in [0.25, 0.3) is 6.47 Å². The summed E-state index contributed by atoms with van der Waals surface area (Å²) < 4.78 is 8.17. The van der Waals surface area contributed by atoms with Crippen molar-refractivity contribution in [2.45, 2.75) is 12.5 Å². The van der Waals surface area contributed by atoms with Crippen molar-refractivity contribution in [1.82, 2.24) is 9.59 Å². The highest BCUT2D eigenvalue weighted by Gasteiger charge is 2.05. The summed E-state index contributed by atoms with van der Waals surface area (Å²) in [5, 5.41) is 3.73. The fourth-order valence-electron chi connectivity index (χ4n) is 0.548. The first kappa shape index (κ1) is 8.42. The minimum Gasteiger partial charge on any atom is -0.462 e. The molecule has 0 unspecified atom stereocenters. The van der Waals surface area contributed by atoms with Crippen LogP contribution in [0, 0.1) is 0 Å². The maximum Gasteiger partial charge on any atom is 0.293 e. The molecule has 0 aromatic carbocycles. The first-order chi connectivity index (χ1) is 5.38. The van der Waals surface area contributed by atoms with Crippen molar-refractivity contribution in [1.29, 1.82) is 0 Å². The van der Waals surface area contributed by atoms with Gasteiger partial charge in [-0.15, -0.1) is 16.7 Å². The Bertz CT molecular complexity index is 240. The summed E-state index contributed by atoms with van der Waals surface area (Å²) in [4.78, 5) is 10.6. The van der Waals surface area contributed by atoms with Gasteiger partial charge in [-0.05, 0) is 11.5 Å². The number of halogens is 1. The van der Waals surface area contributed by atoms with Crippen molar-refractivity contribution in [3.8, 4) is 0 Å². The molecule has 0 aliphatic rings. The number of nitrogens with zero attached hydrogens (tertiary/aromatic N) is 2. The Morgan fingerprint density at radius 1 is 1.73 bits per heavy atom. The molecule has 0 amide bonds. The van der Waals surface area contributed by atoms with Crippen LogP contribution in [0.5, 0.6) is 0 Å². The van der Waals surface area contributed by atoms with E-state index in [1.54, 1.807) is 0 Å². The number of carbonyl (C=O) groups excluding carboxylic acids is 1. The highest BCUT2D eigenvalue weighted by Crippen LogP contribution is 2.13. The topological polar surface area (TPSA) is 52.1 Å². The van der Waals surface area contributed by atoms with Crippen LogP contribution in [-0.4, -0.2) is 16.1 Å². The zero-order chi connectivity index (χ0) is 8.10. The number of hydrogen-bond donors (Lipinski definition) is 0. The first-order valence-electron chi connectivity index (χ1n) is 2.79. The number of carbonyl (C=O) groups is 1. The number of aromatic nitrogens is 2. The average molecular weight is 193 g/mol. The number of ether oxygens (including phenoxy) is 1. The van der Waals surface area contributed by atoms with Gasteiger partial charge in [-0.2, -0.15) is 0 Å². The molecule has 4 nitrogen and oxygen atoms in total. The second-order valence-corrected chi connectivity index (χ2v) is 2.79. The summed E-state index contributed by atoms with van der Waals surface area (Å²) >= 11 is 6.70. The Morgan fingerprint density at radius 2 is 2.55 bits per heavy atom. The van der Waals surface area contributed by atoms with Gasteiger partial charge in [0.05, 0.1) is 16.5 Å². The molecule has 0 saturated heterocycles. The van der Waals surface area contributed by atoms with Crippen LogP contribution in [0.2, 0.25) is 0 Å². The lowest BCUT2D eigenvalue weighted by molar-refractivity contribution is -0.129. The lowest BCUT2D eigenvalue weighted by Gasteiger charge is -1.93. The SMILES string of the molecule is O=COCc1snnc1CCl. The molecule has 6 heteroatoms. The van der Waals surface area contributed by atoms with Gasteiger partial charge in [0.1, 0.15) is 6.61 Å². The number of hydrogen-bond acceptors (Lipinski definition) is 5.